The standard InChI is InChI=1S/C20H27NO3/c1-13(2)9-16(21-15-7-5-14(12-22)6-8-15)19-17(23)10-20(3,4)11-18(19)24/h5-8,13,21-22H,9-12H2,1-4H3. The van der Waals surface area contributed by atoms with Crippen molar-refractivity contribution < 1.29 is 14.7 Å². The summed E-state index contributed by atoms with van der Waals surface area (Å²) >= 11 is 0. The molecule has 0 aliphatic heterocycles. The lowest BCUT2D eigenvalue weighted by Gasteiger charge is -2.30. The number of allylic oxidation sites excluding steroid dienone is 2. The van der Waals surface area contributed by atoms with Gasteiger partial charge in [0.15, 0.2) is 11.6 Å². The second-order valence-corrected chi connectivity index (χ2v) is 7.80. The van der Waals surface area contributed by atoms with Crippen LogP contribution in [0.4, 0.5) is 5.69 Å². The summed E-state index contributed by atoms with van der Waals surface area (Å²) in [7, 11) is 0. The van der Waals surface area contributed by atoms with E-state index in [2.05, 4.69) is 19.2 Å². The van der Waals surface area contributed by atoms with Crippen LogP contribution in [0.1, 0.15) is 52.5 Å². The zero-order valence-electron chi connectivity index (χ0n) is 15.0. The fraction of sp³-hybridized carbons (Fsp3) is 0.500. The van der Waals surface area contributed by atoms with E-state index in [1.165, 1.54) is 0 Å². The molecule has 0 heterocycles. The molecule has 1 fully saturated rings. The van der Waals surface area contributed by atoms with E-state index < -0.39 is 0 Å². The average molecular weight is 329 g/mol. The van der Waals surface area contributed by atoms with Crippen molar-refractivity contribution in [1.29, 1.82) is 0 Å². The topological polar surface area (TPSA) is 66.4 Å². The number of rotatable bonds is 5. The first-order valence-electron chi connectivity index (χ1n) is 8.48. The van der Waals surface area contributed by atoms with Gasteiger partial charge in [0.25, 0.3) is 0 Å². The van der Waals surface area contributed by atoms with Crippen molar-refractivity contribution in [2.75, 3.05) is 5.32 Å². The normalized spacial score (nSPS) is 17.3. The maximum atomic E-state index is 12.6. The van der Waals surface area contributed by atoms with Crippen molar-refractivity contribution in [2.45, 2.75) is 53.6 Å². The average Bonchev–Trinajstić information content (AvgIpc) is 2.45. The molecular weight excluding hydrogens is 302 g/mol. The van der Waals surface area contributed by atoms with E-state index in [4.69, 9.17) is 5.11 Å². The van der Waals surface area contributed by atoms with Gasteiger partial charge in [-0.3, -0.25) is 9.59 Å². The Hall–Kier alpha value is -1.94. The predicted molar refractivity (Wildman–Crippen MR) is 95.5 cm³/mol. The lowest BCUT2D eigenvalue weighted by molar-refractivity contribution is -0.127. The summed E-state index contributed by atoms with van der Waals surface area (Å²) in [5.74, 6) is 0.199. The number of nitrogens with one attached hydrogen (secondary N) is 1. The number of Topliss-reactive ketones (excluding diaryl/α,β-unsaturated/α-hetero) is 2. The van der Waals surface area contributed by atoms with Gasteiger partial charge >= 0.3 is 0 Å². The van der Waals surface area contributed by atoms with Gasteiger partial charge < -0.3 is 10.4 Å². The molecule has 1 aromatic rings. The monoisotopic (exact) mass is 329 g/mol. The SMILES string of the molecule is CC(C)CC(Nc1ccc(CO)cc1)=C1C(=O)CC(C)(C)CC1=O. The predicted octanol–water partition coefficient (Wildman–Crippen LogP) is 3.85. The van der Waals surface area contributed by atoms with Crippen LogP contribution in [0, 0.1) is 11.3 Å². The summed E-state index contributed by atoms with van der Waals surface area (Å²) in [6.45, 7) is 8.05. The number of benzene rings is 1. The van der Waals surface area contributed by atoms with Crippen LogP contribution in [0.2, 0.25) is 0 Å². The molecule has 0 amide bonds. The van der Waals surface area contributed by atoms with E-state index in [0.717, 1.165) is 11.3 Å². The molecular formula is C20H27NO3. The van der Waals surface area contributed by atoms with E-state index in [1.54, 1.807) is 0 Å². The Morgan fingerprint density at radius 3 is 2.12 bits per heavy atom. The molecule has 1 aromatic carbocycles. The van der Waals surface area contributed by atoms with Gasteiger partial charge in [0.05, 0.1) is 12.2 Å². The van der Waals surface area contributed by atoms with Crippen molar-refractivity contribution in [1.82, 2.24) is 0 Å². The molecule has 0 aromatic heterocycles. The maximum absolute atomic E-state index is 12.6. The van der Waals surface area contributed by atoms with E-state index in [1.807, 2.05) is 38.1 Å². The van der Waals surface area contributed by atoms with Crippen LogP contribution in [0.25, 0.3) is 0 Å². The fourth-order valence-electron chi connectivity index (χ4n) is 3.09. The first kappa shape index (κ1) is 18.4. The smallest absolute Gasteiger partial charge is 0.168 e. The quantitative estimate of drug-likeness (QED) is 0.636. The van der Waals surface area contributed by atoms with Crippen molar-refractivity contribution in [3.8, 4) is 0 Å². The zero-order chi connectivity index (χ0) is 17.9. The second-order valence-electron chi connectivity index (χ2n) is 7.80. The van der Waals surface area contributed by atoms with Crippen LogP contribution in [0.15, 0.2) is 35.5 Å². The molecule has 2 N–H and O–H groups in total. The summed E-state index contributed by atoms with van der Waals surface area (Å²) in [5.41, 5.74) is 2.44. The minimum Gasteiger partial charge on any atom is -0.392 e. The molecule has 4 nitrogen and oxygen atoms in total. The molecule has 0 radical (unpaired) electrons. The first-order chi connectivity index (χ1) is 11.2. The molecule has 0 spiro atoms. The summed E-state index contributed by atoms with van der Waals surface area (Å²) in [5, 5.41) is 12.4. The van der Waals surface area contributed by atoms with Gasteiger partial charge in [-0.15, -0.1) is 0 Å². The van der Waals surface area contributed by atoms with Gasteiger partial charge in [-0.1, -0.05) is 39.8 Å². The summed E-state index contributed by atoms with van der Waals surface area (Å²) in [6, 6.07) is 7.36. The summed E-state index contributed by atoms with van der Waals surface area (Å²) in [4.78, 5) is 25.2. The zero-order valence-corrected chi connectivity index (χ0v) is 15.0. The van der Waals surface area contributed by atoms with Crippen LogP contribution in [-0.2, 0) is 16.2 Å². The van der Waals surface area contributed by atoms with Gasteiger partial charge in [0.1, 0.15) is 0 Å². The minimum atomic E-state index is -0.261. The minimum absolute atomic E-state index is 0.00766. The van der Waals surface area contributed by atoms with Crippen LogP contribution in [0.3, 0.4) is 0 Å². The van der Waals surface area contributed by atoms with Gasteiger partial charge in [-0.2, -0.15) is 0 Å². The lowest BCUT2D eigenvalue weighted by Crippen LogP contribution is -2.33. The third-order valence-corrected chi connectivity index (χ3v) is 4.18. The summed E-state index contributed by atoms with van der Waals surface area (Å²) < 4.78 is 0. The van der Waals surface area contributed by atoms with E-state index in [-0.39, 0.29) is 23.6 Å². The van der Waals surface area contributed by atoms with Crippen molar-refractivity contribution in [3.05, 3.63) is 41.1 Å². The largest absolute Gasteiger partial charge is 0.392 e. The second kappa shape index (κ2) is 7.31. The number of hydrogen-bond donors (Lipinski definition) is 2. The molecule has 2 rings (SSSR count). The molecule has 0 saturated heterocycles. The van der Waals surface area contributed by atoms with Crippen molar-refractivity contribution in [3.63, 3.8) is 0 Å². The molecule has 0 bridgehead atoms. The number of carbonyl (C=O) groups is 2. The molecule has 0 unspecified atom stereocenters. The third-order valence-electron chi connectivity index (χ3n) is 4.18. The van der Waals surface area contributed by atoms with Crippen LogP contribution in [0.5, 0.6) is 0 Å². The van der Waals surface area contributed by atoms with Crippen molar-refractivity contribution >= 4 is 17.3 Å². The fourth-order valence-corrected chi connectivity index (χ4v) is 3.09. The van der Waals surface area contributed by atoms with Crippen molar-refractivity contribution in [2.24, 2.45) is 11.3 Å². The molecule has 130 valence electrons. The number of aliphatic hydroxyl groups is 1. The maximum Gasteiger partial charge on any atom is 0.168 e. The highest BCUT2D eigenvalue weighted by molar-refractivity contribution is 6.23. The Bertz CT molecular complexity index is 632. The summed E-state index contributed by atoms with van der Waals surface area (Å²) in [6.07, 6.45) is 1.45. The highest BCUT2D eigenvalue weighted by Crippen LogP contribution is 2.35. The number of aliphatic hydroxyl groups excluding tert-OH is 1. The Balaban J connectivity index is 2.36. The Morgan fingerprint density at radius 1 is 1.12 bits per heavy atom. The van der Waals surface area contributed by atoms with Crippen LogP contribution >= 0.6 is 0 Å². The van der Waals surface area contributed by atoms with Gasteiger partial charge in [0, 0.05) is 24.2 Å². The molecule has 24 heavy (non-hydrogen) atoms. The molecule has 4 heteroatoms. The van der Waals surface area contributed by atoms with Crippen LogP contribution < -0.4 is 5.32 Å². The molecule has 1 aliphatic rings. The third kappa shape index (κ3) is 4.54. The number of carbonyl (C=O) groups excluding carboxylic acids is 2. The Labute approximate surface area is 144 Å². The Kier molecular flexibility index (Phi) is 5.60. The Morgan fingerprint density at radius 2 is 1.67 bits per heavy atom. The molecule has 0 atom stereocenters. The molecule has 1 saturated carbocycles. The highest BCUT2D eigenvalue weighted by atomic mass is 16.3. The van der Waals surface area contributed by atoms with E-state index >= 15 is 0 Å². The number of hydrogen-bond acceptors (Lipinski definition) is 4. The van der Waals surface area contributed by atoms with E-state index in [0.29, 0.717) is 36.5 Å². The molecule has 1 aliphatic carbocycles. The van der Waals surface area contributed by atoms with Gasteiger partial charge in [-0.05, 0) is 35.4 Å². The van der Waals surface area contributed by atoms with E-state index in [9.17, 15) is 9.59 Å². The highest BCUT2D eigenvalue weighted by Gasteiger charge is 2.37. The van der Waals surface area contributed by atoms with Crippen LogP contribution in [-0.4, -0.2) is 16.7 Å². The lowest BCUT2D eigenvalue weighted by atomic mass is 9.73. The number of anilines is 1. The van der Waals surface area contributed by atoms with Gasteiger partial charge in [0.2, 0.25) is 0 Å². The van der Waals surface area contributed by atoms with Gasteiger partial charge in [-0.25, -0.2) is 0 Å². The first-order valence-corrected chi connectivity index (χ1v) is 8.48. The number of ketones is 2.